The maximum Gasteiger partial charge on any atom is 0.204 e. The number of hydrogen-bond acceptors (Lipinski definition) is 6. The molecule has 0 fully saturated rings. The molecule has 1 aromatic heterocycles. The number of aliphatic hydroxyl groups excluding tert-OH is 1. The number of hydrogen-bond donors (Lipinski definition) is 2. The zero-order chi connectivity index (χ0) is 12.1. The van der Waals surface area contributed by atoms with E-state index in [1.54, 1.807) is 21.1 Å². The van der Waals surface area contributed by atoms with Crippen LogP contribution >= 0.6 is 0 Å². The molecule has 6 nitrogen and oxygen atoms in total. The third-order valence-corrected chi connectivity index (χ3v) is 2.13. The lowest BCUT2D eigenvalue weighted by molar-refractivity contribution is 0.201. The average molecular weight is 226 g/mol. The van der Waals surface area contributed by atoms with E-state index in [4.69, 9.17) is 4.74 Å². The van der Waals surface area contributed by atoms with Crippen LogP contribution in [-0.2, 0) is 0 Å². The minimum atomic E-state index is -0.428. The van der Waals surface area contributed by atoms with Gasteiger partial charge in [0.25, 0.3) is 0 Å². The molecular formula is C10H18N4O2. The molecule has 0 spiro atoms. The molecule has 0 saturated heterocycles. The van der Waals surface area contributed by atoms with Crippen molar-refractivity contribution in [2.45, 2.75) is 13.0 Å². The summed E-state index contributed by atoms with van der Waals surface area (Å²) < 4.78 is 5.26. The van der Waals surface area contributed by atoms with Crippen molar-refractivity contribution in [1.82, 2.24) is 9.97 Å². The summed E-state index contributed by atoms with van der Waals surface area (Å²) in [6.45, 7) is 2.21. The van der Waals surface area contributed by atoms with E-state index in [0.717, 1.165) is 0 Å². The maximum absolute atomic E-state index is 9.33. The van der Waals surface area contributed by atoms with Gasteiger partial charge in [-0.15, -0.1) is 0 Å². The number of anilines is 2. The van der Waals surface area contributed by atoms with E-state index in [0.29, 0.717) is 23.9 Å². The first-order valence-corrected chi connectivity index (χ1v) is 5.06. The second kappa shape index (κ2) is 5.50. The molecule has 0 saturated carbocycles. The molecule has 1 unspecified atom stereocenters. The fraction of sp³-hybridized carbons (Fsp3) is 0.600. The second-order valence-corrected chi connectivity index (χ2v) is 3.56. The molecular weight excluding hydrogens is 208 g/mol. The van der Waals surface area contributed by atoms with E-state index in [1.165, 1.54) is 6.33 Å². The zero-order valence-corrected chi connectivity index (χ0v) is 10.1. The van der Waals surface area contributed by atoms with E-state index in [2.05, 4.69) is 15.3 Å². The number of methoxy groups -OCH3 is 1. The summed E-state index contributed by atoms with van der Waals surface area (Å²) in [5.41, 5.74) is 0. The Balaban J connectivity index is 3.02. The van der Waals surface area contributed by atoms with E-state index < -0.39 is 6.10 Å². The summed E-state index contributed by atoms with van der Waals surface area (Å²) in [6.07, 6.45) is 1.03. The third kappa shape index (κ3) is 2.73. The highest BCUT2D eigenvalue weighted by Gasteiger charge is 2.15. The lowest BCUT2D eigenvalue weighted by Gasteiger charge is -2.22. The van der Waals surface area contributed by atoms with Gasteiger partial charge in [-0.25, -0.2) is 9.97 Å². The number of nitrogens with zero attached hydrogens (tertiary/aromatic N) is 3. The first kappa shape index (κ1) is 12.5. The van der Waals surface area contributed by atoms with Gasteiger partial charge in [0.05, 0.1) is 13.2 Å². The molecule has 0 aromatic carbocycles. The van der Waals surface area contributed by atoms with Gasteiger partial charge < -0.3 is 20.1 Å². The van der Waals surface area contributed by atoms with Crippen LogP contribution in [0.15, 0.2) is 6.33 Å². The van der Waals surface area contributed by atoms with Gasteiger partial charge in [0, 0.05) is 20.6 Å². The molecule has 0 aliphatic heterocycles. The van der Waals surface area contributed by atoms with Crippen molar-refractivity contribution in [1.29, 1.82) is 0 Å². The van der Waals surface area contributed by atoms with Gasteiger partial charge >= 0.3 is 0 Å². The zero-order valence-electron chi connectivity index (χ0n) is 10.1. The summed E-state index contributed by atoms with van der Waals surface area (Å²) >= 11 is 0. The largest absolute Gasteiger partial charge is 0.490 e. The van der Waals surface area contributed by atoms with E-state index in [1.807, 2.05) is 11.9 Å². The Kier molecular flexibility index (Phi) is 4.30. The summed E-state index contributed by atoms with van der Waals surface area (Å²) in [5.74, 6) is 1.86. The summed E-state index contributed by atoms with van der Waals surface area (Å²) in [7, 11) is 5.18. The smallest absolute Gasteiger partial charge is 0.204 e. The minimum absolute atomic E-state index is 0.428. The molecule has 16 heavy (non-hydrogen) atoms. The monoisotopic (exact) mass is 226 g/mol. The topological polar surface area (TPSA) is 70.5 Å². The Hall–Kier alpha value is -1.56. The lowest BCUT2D eigenvalue weighted by Crippen LogP contribution is -2.28. The van der Waals surface area contributed by atoms with Crippen molar-refractivity contribution in [2.75, 3.05) is 38.0 Å². The highest BCUT2D eigenvalue weighted by Crippen LogP contribution is 2.30. The van der Waals surface area contributed by atoms with Gasteiger partial charge in [-0.05, 0) is 6.92 Å². The molecule has 0 amide bonds. The van der Waals surface area contributed by atoms with Crippen LogP contribution in [0.25, 0.3) is 0 Å². The van der Waals surface area contributed by atoms with Crippen molar-refractivity contribution in [3.05, 3.63) is 6.33 Å². The van der Waals surface area contributed by atoms with Gasteiger partial charge in [0.1, 0.15) is 6.33 Å². The van der Waals surface area contributed by atoms with Crippen molar-refractivity contribution >= 4 is 11.6 Å². The second-order valence-electron chi connectivity index (χ2n) is 3.56. The Morgan fingerprint density at radius 1 is 1.56 bits per heavy atom. The summed E-state index contributed by atoms with van der Waals surface area (Å²) in [5, 5.41) is 12.3. The lowest BCUT2D eigenvalue weighted by atomic mass is 10.3. The molecule has 1 aromatic rings. The number of aromatic nitrogens is 2. The van der Waals surface area contributed by atoms with Crippen molar-refractivity contribution < 1.29 is 9.84 Å². The van der Waals surface area contributed by atoms with Crippen LogP contribution in [-0.4, -0.2) is 48.9 Å². The highest BCUT2D eigenvalue weighted by molar-refractivity contribution is 5.64. The van der Waals surface area contributed by atoms with Crippen LogP contribution in [0.3, 0.4) is 0 Å². The van der Waals surface area contributed by atoms with Gasteiger partial charge in [-0.2, -0.15) is 0 Å². The number of likely N-dealkylation sites (N-methyl/N-ethyl adjacent to an activating group) is 1. The normalized spacial score (nSPS) is 12.1. The van der Waals surface area contributed by atoms with Crippen LogP contribution in [0.2, 0.25) is 0 Å². The summed E-state index contributed by atoms with van der Waals surface area (Å²) in [6, 6.07) is 0. The fourth-order valence-electron chi connectivity index (χ4n) is 1.49. The first-order chi connectivity index (χ1) is 7.60. The maximum atomic E-state index is 9.33. The van der Waals surface area contributed by atoms with Crippen molar-refractivity contribution in [2.24, 2.45) is 0 Å². The fourth-order valence-corrected chi connectivity index (χ4v) is 1.49. The molecule has 90 valence electrons. The van der Waals surface area contributed by atoms with Crippen LogP contribution < -0.4 is 15.0 Å². The number of nitrogens with one attached hydrogen (secondary N) is 1. The molecule has 2 N–H and O–H groups in total. The van der Waals surface area contributed by atoms with Gasteiger partial charge in [0.15, 0.2) is 11.6 Å². The standard InChI is InChI=1S/C10H18N4O2/c1-7(15)5-14(3)10-8(16-4)9(11-2)12-6-13-10/h6-7,15H,5H2,1-4H3,(H,11,12,13). The molecule has 0 aliphatic carbocycles. The number of rotatable bonds is 5. The third-order valence-electron chi connectivity index (χ3n) is 2.13. The van der Waals surface area contributed by atoms with E-state index in [-0.39, 0.29) is 0 Å². The van der Waals surface area contributed by atoms with E-state index in [9.17, 15) is 5.11 Å². The number of ether oxygens (including phenoxy) is 1. The number of aliphatic hydroxyl groups is 1. The average Bonchev–Trinajstić information content (AvgIpc) is 2.26. The predicted octanol–water partition coefficient (Wildman–Crippen LogP) is 0.344. The Labute approximate surface area is 95.3 Å². The van der Waals surface area contributed by atoms with Gasteiger partial charge in [-0.1, -0.05) is 0 Å². The van der Waals surface area contributed by atoms with Crippen molar-refractivity contribution in [3.8, 4) is 5.75 Å². The Morgan fingerprint density at radius 3 is 2.75 bits per heavy atom. The molecule has 0 aliphatic rings. The van der Waals surface area contributed by atoms with Crippen LogP contribution in [0.4, 0.5) is 11.6 Å². The SMILES string of the molecule is CNc1ncnc(N(C)CC(C)O)c1OC. The predicted molar refractivity (Wildman–Crippen MR) is 63.1 cm³/mol. The first-order valence-electron chi connectivity index (χ1n) is 5.06. The molecule has 0 bridgehead atoms. The Morgan fingerprint density at radius 2 is 2.25 bits per heavy atom. The van der Waals surface area contributed by atoms with Gasteiger partial charge in [0.2, 0.25) is 5.75 Å². The minimum Gasteiger partial charge on any atom is -0.490 e. The molecule has 6 heteroatoms. The van der Waals surface area contributed by atoms with E-state index >= 15 is 0 Å². The van der Waals surface area contributed by atoms with Crippen molar-refractivity contribution in [3.63, 3.8) is 0 Å². The van der Waals surface area contributed by atoms with Crippen LogP contribution in [0.5, 0.6) is 5.75 Å². The van der Waals surface area contributed by atoms with Gasteiger partial charge in [-0.3, -0.25) is 0 Å². The summed E-state index contributed by atoms with van der Waals surface area (Å²) in [4.78, 5) is 10.0. The van der Waals surface area contributed by atoms with Crippen LogP contribution in [0.1, 0.15) is 6.92 Å². The molecule has 1 rings (SSSR count). The molecule has 0 radical (unpaired) electrons. The van der Waals surface area contributed by atoms with Crippen LogP contribution in [0, 0.1) is 0 Å². The molecule has 1 atom stereocenters. The highest BCUT2D eigenvalue weighted by atomic mass is 16.5. The Bertz CT molecular complexity index is 344. The quantitative estimate of drug-likeness (QED) is 0.754. The molecule has 1 heterocycles.